The Morgan fingerprint density at radius 3 is 2.76 bits per heavy atom. The lowest BCUT2D eigenvalue weighted by atomic mass is 10.3. The molecule has 6 heteroatoms. The standard InChI is InChI=1S/C11H10BrN3S2/c12-9-3-2-8(17-9)6-15-10-4-1-7(5-14-10)11(13)16/h1-5H,6H2,(H2,13,16)(H,14,15). The van der Waals surface area contributed by atoms with Gasteiger partial charge in [0.15, 0.2) is 0 Å². The number of nitrogens with two attached hydrogens (primary N) is 1. The first kappa shape index (κ1) is 12.5. The molecular weight excluding hydrogens is 318 g/mol. The molecule has 0 aliphatic carbocycles. The van der Waals surface area contributed by atoms with Gasteiger partial charge in [0.2, 0.25) is 0 Å². The molecule has 0 bridgehead atoms. The van der Waals surface area contributed by atoms with Crippen molar-refractivity contribution in [3.8, 4) is 0 Å². The summed E-state index contributed by atoms with van der Waals surface area (Å²) in [5.41, 5.74) is 6.28. The average Bonchev–Trinajstić information content (AvgIpc) is 2.73. The van der Waals surface area contributed by atoms with Crippen molar-refractivity contribution in [2.24, 2.45) is 5.73 Å². The number of anilines is 1. The van der Waals surface area contributed by atoms with Crippen LogP contribution in [0.2, 0.25) is 0 Å². The summed E-state index contributed by atoms with van der Waals surface area (Å²) < 4.78 is 1.13. The van der Waals surface area contributed by atoms with Gasteiger partial charge in [-0.2, -0.15) is 0 Å². The topological polar surface area (TPSA) is 50.9 Å². The number of thiocarbonyl (C=S) groups is 1. The van der Waals surface area contributed by atoms with Gasteiger partial charge >= 0.3 is 0 Å². The third-order valence-corrected chi connectivity index (χ3v) is 3.98. The molecule has 2 aromatic heterocycles. The SMILES string of the molecule is NC(=S)c1ccc(NCc2ccc(Br)s2)nc1. The van der Waals surface area contributed by atoms with E-state index in [1.165, 1.54) is 4.88 Å². The molecule has 0 saturated carbocycles. The predicted molar refractivity (Wildman–Crippen MR) is 79.5 cm³/mol. The van der Waals surface area contributed by atoms with E-state index in [0.717, 1.165) is 21.7 Å². The second-order valence-electron chi connectivity index (χ2n) is 3.36. The largest absolute Gasteiger partial charge is 0.389 e. The highest BCUT2D eigenvalue weighted by Gasteiger charge is 2.00. The summed E-state index contributed by atoms with van der Waals surface area (Å²) in [6.07, 6.45) is 1.68. The van der Waals surface area contributed by atoms with E-state index in [4.69, 9.17) is 18.0 Å². The number of rotatable bonds is 4. The van der Waals surface area contributed by atoms with Crippen molar-refractivity contribution in [2.45, 2.75) is 6.54 Å². The molecular formula is C11H10BrN3S2. The summed E-state index contributed by atoms with van der Waals surface area (Å²) in [4.78, 5) is 5.85. The van der Waals surface area contributed by atoms with Gasteiger partial charge in [0.05, 0.1) is 10.3 Å². The number of pyridine rings is 1. The van der Waals surface area contributed by atoms with Crippen LogP contribution in [0.15, 0.2) is 34.2 Å². The summed E-state index contributed by atoms with van der Waals surface area (Å²) in [5.74, 6) is 0.814. The van der Waals surface area contributed by atoms with E-state index >= 15 is 0 Å². The van der Waals surface area contributed by atoms with Crippen LogP contribution in [-0.2, 0) is 6.54 Å². The quantitative estimate of drug-likeness (QED) is 0.847. The Morgan fingerprint density at radius 2 is 2.24 bits per heavy atom. The van der Waals surface area contributed by atoms with Gasteiger partial charge in [-0.05, 0) is 40.2 Å². The fourth-order valence-corrected chi connectivity index (χ4v) is 2.81. The normalized spacial score (nSPS) is 10.2. The summed E-state index contributed by atoms with van der Waals surface area (Å²) in [7, 11) is 0. The Labute approximate surface area is 117 Å². The fraction of sp³-hybridized carbons (Fsp3) is 0.0909. The molecule has 0 radical (unpaired) electrons. The summed E-state index contributed by atoms with van der Waals surface area (Å²) in [5, 5.41) is 3.23. The smallest absolute Gasteiger partial charge is 0.126 e. The summed E-state index contributed by atoms with van der Waals surface area (Å²) in [6.45, 7) is 0.760. The van der Waals surface area contributed by atoms with Crippen LogP contribution in [0.4, 0.5) is 5.82 Å². The molecule has 0 unspecified atom stereocenters. The van der Waals surface area contributed by atoms with E-state index in [0.29, 0.717) is 4.99 Å². The minimum Gasteiger partial charge on any atom is -0.389 e. The van der Waals surface area contributed by atoms with Crippen LogP contribution < -0.4 is 11.1 Å². The number of aromatic nitrogens is 1. The third-order valence-electron chi connectivity index (χ3n) is 2.12. The highest BCUT2D eigenvalue weighted by molar-refractivity contribution is 9.11. The van der Waals surface area contributed by atoms with Crippen molar-refractivity contribution in [2.75, 3.05) is 5.32 Å². The molecule has 0 aromatic carbocycles. The van der Waals surface area contributed by atoms with Crippen LogP contribution in [0.1, 0.15) is 10.4 Å². The summed E-state index contributed by atoms with van der Waals surface area (Å²) in [6, 6.07) is 7.84. The first-order chi connectivity index (χ1) is 8.15. The van der Waals surface area contributed by atoms with Crippen molar-refractivity contribution >= 4 is 50.3 Å². The van der Waals surface area contributed by atoms with Crippen LogP contribution in [-0.4, -0.2) is 9.97 Å². The minimum atomic E-state index is 0.367. The lowest BCUT2D eigenvalue weighted by Gasteiger charge is -2.04. The Hall–Kier alpha value is -0.980. The molecule has 0 atom stereocenters. The molecule has 17 heavy (non-hydrogen) atoms. The summed E-state index contributed by atoms with van der Waals surface area (Å²) >= 11 is 9.99. The van der Waals surface area contributed by atoms with Gasteiger partial charge in [0.25, 0.3) is 0 Å². The van der Waals surface area contributed by atoms with E-state index in [-0.39, 0.29) is 0 Å². The minimum absolute atomic E-state index is 0.367. The molecule has 0 aliphatic heterocycles. The first-order valence-corrected chi connectivity index (χ1v) is 6.91. The van der Waals surface area contributed by atoms with Gasteiger partial charge in [0, 0.05) is 16.6 Å². The molecule has 0 spiro atoms. The van der Waals surface area contributed by atoms with Crippen molar-refractivity contribution in [3.05, 3.63) is 44.7 Å². The van der Waals surface area contributed by atoms with Crippen molar-refractivity contribution < 1.29 is 0 Å². The van der Waals surface area contributed by atoms with Gasteiger partial charge < -0.3 is 11.1 Å². The van der Waals surface area contributed by atoms with Gasteiger partial charge in [-0.15, -0.1) is 11.3 Å². The number of nitrogens with one attached hydrogen (secondary N) is 1. The second kappa shape index (κ2) is 5.57. The maximum atomic E-state index is 5.50. The Morgan fingerprint density at radius 1 is 1.41 bits per heavy atom. The van der Waals surface area contributed by atoms with Crippen molar-refractivity contribution in [1.29, 1.82) is 0 Å². The van der Waals surface area contributed by atoms with E-state index in [9.17, 15) is 0 Å². The Balaban J connectivity index is 1.97. The van der Waals surface area contributed by atoms with Crippen molar-refractivity contribution in [3.63, 3.8) is 0 Å². The van der Waals surface area contributed by atoms with Crippen LogP contribution >= 0.6 is 39.5 Å². The fourth-order valence-electron chi connectivity index (χ4n) is 1.27. The van der Waals surface area contributed by atoms with E-state index in [1.54, 1.807) is 17.5 Å². The van der Waals surface area contributed by atoms with Crippen molar-refractivity contribution in [1.82, 2.24) is 4.98 Å². The third kappa shape index (κ3) is 3.49. The molecule has 3 nitrogen and oxygen atoms in total. The highest BCUT2D eigenvalue weighted by Crippen LogP contribution is 2.22. The highest BCUT2D eigenvalue weighted by atomic mass is 79.9. The number of halogens is 1. The average molecular weight is 328 g/mol. The van der Waals surface area contributed by atoms with Crippen LogP contribution in [0.5, 0.6) is 0 Å². The lowest BCUT2D eigenvalue weighted by molar-refractivity contribution is 1.14. The molecule has 0 fully saturated rings. The van der Waals surface area contributed by atoms with E-state index in [2.05, 4.69) is 32.3 Å². The maximum Gasteiger partial charge on any atom is 0.126 e. The molecule has 2 aromatic rings. The number of thiophene rings is 1. The maximum absolute atomic E-state index is 5.50. The van der Waals surface area contributed by atoms with Gasteiger partial charge in [-0.25, -0.2) is 4.98 Å². The Bertz CT molecular complexity index is 522. The van der Waals surface area contributed by atoms with Gasteiger partial charge in [-0.3, -0.25) is 0 Å². The molecule has 0 saturated heterocycles. The lowest BCUT2D eigenvalue weighted by Crippen LogP contribution is -2.10. The number of nitrogens with zero attached hydrogens (tertiary/aromatic N) is 1. The van der Waals surface area contributed by atoms with Gasteiger partial charge in [0.1, 0.15) is 10.8 Å². The van der Waals surface area contributed by atoms with Crippen LogP contribution in [0, 0.1) is 0 Å². The molecule has 88 valence electrons. The molecule has 3 N–H and O–H groups in total. The monoisotopic (exact) mass is 327 g/mol. The van der Waals surface area contributed by atoms with Crippen LogP contribution in [0.3, 0.4) is 0 Å². The predicted octanol–water partition coefficient (Wildman–Crippen LogP) is 3.15. The molecule has 0 aliphatic rings. The Kier molecular flexibility index (Phi) is 4.09. The zero-order valence-electron chi connectivity index (χ0n) is 8.81. The first-order valence-electron chi connectivity index (χ1n) is 4.89. The molecule has 2 heterocycles. The molecule has 2 rings (SSSR count). The zero-order chi connectivity index (χ0) is 12.3. The number of hydrogen-bond donors (Lipinski definition) is 2. The van der Waals surface area contributed by atoms with E-state index < -0.39 is 0 Å². The number of hydrogen-bond acceptors (Lipinski definition) is 4. The van der Waals surface area contributed by atoms with Gasteiger partial charge in [-0.1, -0.05) is 12.2 Å². The van der Waals surface area contributed by atoms with E-state index in [1.807, 2.05) is 18.2 Å². The zero-order valence-corrected chi connectivity index (χ0v) is 12.0. The second-order valence-corrected chi connectivity index (χ2v) is 6.34. The molecule has 0 amide bonds. The van der Waals surface area contributed by atoms with Crippen LogP contribution in [0.25, 0.3) is 0 Å².